The van der Waals surface area contributed by atoms with E-state index in [1.807, 2.05) is 24.3 Å². The van der Waals surface area contributed by atoms with Crippen molar-refractivity contribution >= 4 is 17.2 Å². The van der Waals surface area contributed by atoms with Crippen LogP contribution in [0.25, 0.3) is 0 Å². The van der Waals surface area contributed by atoms with Gasteiger partial charge in [0.1, 0.15) is 5.75 Å². The zero-order valence-corrected chi connectivity index (χ0v) is 13.3. The van der Waals surface area contributed by atoms with Gasteiger partial charge in [-0.1, -0.05) is 12.1 Å². The number of benzene rings is 2. The van der Waals surface area contributed by atoms with Gasteiger partial charge in [0.25, 0.3) is 0 Å². The average Bonchev–Trinajstić information content (AvgIpc) is 2.56. The Labute approximate surface area is 131 Å². The predicted octanol–water partition coefficient (Wildman–Crippen LogP) is 3.35. The van der Waals surface area contributed by atoms with Crippen LogP contribution in [-0.4, -0.2) is 26.0 Å². The second kappa shape index (κ2) is 6.98. The van der Waals surface area contributed by atoms with Crippen molar-refractivity contribution in [3.63, 3.8) is 0 Å². The number of methoxy groups -OCH3 is 1. The molecule has 0 aliphatic rings. The number of nitrogen functional groups attached to an aromatic ring is 1. The molecule has 0 bridgehead atoms. The number of hydrogen-bond acceptors (Lipinski definition) is 4. The van der Waals surface area contributed by atoms with Crippen molar-refractivity contribution in [1.29, 1.82) is 0 Å². The highest BCUT2D eigenvalue weighted by Crippen LogP contribution is 2.27. The van der Waals surface area contributed by atoms with Crippen molar-refractivity contribution in [2.24, 2.45) is 0 Å². The van der Waals surface area contributed by atoms with Crippen LogP contribution in [0.4, 0.5) is 11.4 Å². The molecule has 116 valence electrons. The van der Waals surface area contributed by atoms with E-state index in [1.54, 1.807) is 25.3 Å². The molecule has 0 atom stereocenters. The van der Waals surface area contributed by atoms with Gasteiger partial charge in [0.15, 0.2) is 5.78 Å². The number of nitrogens with zero attached hydrogens (tertiary/aromatic N) is 1. The lowest BCUT2D eigenvalue weighted by Gasteiger charge is -2.23. The van der Waals surface area contributed by atoms with E-state index in [0.717, 1.165) is 18.8 Å². The first kappa shape index (κ1) is 15.9. The Morgan fingerprint density at radius 2 is 1.82 bits per heavy atom. The number of para-hydroxylation sites is 1. The van der Waals surface area contributed by atoms with Crippen LogP contribution < -0.4 is 15.4 Å². The first-order valence-electron chi connectivity index (χ1n) is 7.44. The monoisotopic (exact) mass is 298 g/mol. The van der Waals surface area contributed by atoms with E-state index < -0.39 is 0 Å². The summed E-state index contributed by atoms with van der Waals surface area (Å²) in [6.45, 7) is 5.91. The quantitative estimate of drug-likeness (QED) is 0.656. The lowest BCUT2D eigenvalue weighted by molar-refractivity contribution is 0.103. The summed E-state index contributed by atoms with van der Waals surface area (Å²) < 4.78 is 5.25. The van der Waals surface area contributed by atoms with Crippen LogP contribution in [0.2, 0.25) is 0 Å². The van der Waals surface area contributed by atoms with Gasteiger partial charge >= 0.3 is 0 Å². The fraction of sp³-hybridized carbons (Fsp3) is 0.278. The molecule has 0 spiro atoms. The third kappa shape index (κ3) is 3.06. The van der Waals surface area contributed by atoms with Gasteiger partial charge in [0.05, 0.1) is 24.0 Å². The molecule has 4 nitrogen and oxygen atoms in total. The van der Waals surface area contributed by atoms with Crippen LogP contribution in [-0.2, 0) is 0 Å². The molecule has 22 heavy (non-hydrogen) atoms. The molecule has 0 saturated carbocycles. The maximum absolute atomic E-state index is 12.6. The number of nitrogens with two attached hydrogens (primary N) is 1. The Balaban J connectivity index is 2.37. The second-order valence-electron chi connectivity index (χ2n) is 4.98. The lowest BCUT2D eigenvalue weighted by Crippen LogP contribution is -2.23. The number of anilines is 2. The minimum absolute atomic E-state index is 0.0877. The lowest BCUT2D eigenvalue weighted by atomic mass is 10.0. The largest absolute Gasteiger partial charge is 0.496 e. The summed E-state index contributed by atoms with van der Waals surface area (Å²) in [6, 6.07) is 12.7. The second-order valence-corrected chi connectivity index (χ2v) is 4.98. The van der Waals surface area contributed by atoms with Gasteiger partial charge in [-0.3, -0.25) is 4.79 Å². The van der Waals surface area contributed by atoms with Crippen molar-refractivity contribution in [1.82, 2.24) is 0 Å². The van der Waals surface area contributed by atoms with E-state index in [1.165, 1.54) is 0 Å². The molecule has 2 rings (SSSR count). The molecular weight excluding hydrogens is 276 g/mol. The van der Waals surface area contributed by atoms with E-state index in [9.17, 15) is 4.79 Å². The molecule has 0 aliphatic heterocycles. The molecular formula is C18H22N2O2. The number of carbonyl (C=O) groups excluding carboxylic acids is 1. The third-order valence-electron chi connectivity index (χ3n) is 3.75. The van der Waals surface area contributed by atoms with Crippen molar-refractivity contribution in [3.8, 4) is 5.75 Å². The molecule has 0 heterocycles. The molecule has 0 fully saturated rings. The molecule has 2 N–H and O–H groups in total. The summed E-state index contributed by atoms with van der Waals surface area (Å²) in [5.74, 6) is 0.481. The Morgan fingerprint density at radius 3 is 2.41 bits per heavy atom. The standard InChI is InChI=1S/C18H22N2O2/c1-4-20(5-2)16-11-10-13(12-15(16)19)18(21)14-8-6-7-9-17(14)22-3/h6-12H,4-5,19H2,1-3H3. The van der Waals surface area contributed by atoms with Crippen LogP contribution >= 0.6 is 0 Å². The van der Waals surface area contributed by atoms with E-state index in [0.29, 0.717) is 22.6 Å². The van der Waals surface area contributed by atoms with Crippen LogP contribution in [0.3, 0.4) is 0 Å². The van der Waals surface area contributed by atoms with Gasteiger partial charge in [-0.25, -0.2) is 0 Å². The molecule has 0 saturated heterocycles. The van der Waals surface area contributed by atoms with Crippen molar-refractivity contribution in [3.05, 3.63) is 53.6 Å². The summed E-state index contributed by atoms with van der Waals surface area (Å²) in [5, 5.41) is 0. The van der Waals surface area contributed by atoms with Crippen molar-refractivity contribution in [2.45, 2.75) is 13.8 Å². The predicted molar refractivity (Wildman–Crippen MR) is 90.8 cm³/mol. The van der Waals surface area contributed by atoms with Crippen LogP contribution in [0.5, 0.6) is 5.75 Å². The highest BCUT2D eigenvalue weighted by molar-refractivity contribution is 6.11. The summed E-state index contributed by atoms with van der Waals surface area (Å²) in [6.07, 6.45) is 0. The zero-order valence-electron chi connectivity index (χ0n) is 13.3. The Bertz CT molecular complexity index is 664. The van der Waals surface area contributed by atoms with Gasteiger partial charge in [-0.15, -0.1) is 0 Å². The van der Waals surface area contributed by atoms with E-state index in [-0.39, 0.29) is 5.78 Å². The van der Waals surface area contributed by atoms with E-state index >= 15 is 0 Å². The van der Waals surface area contributed by atoms with Crippen molar-refractivity contribution < 1.29 is 9.53 Å². The Kier molecular flexibility index (Phi) is 5.04. The molecule has 0 unspecified atom stereocenters. The molecule has 4 heteroatoms. The topological polar surface area (TPSA) is 55.6 Å². The summed E-state index contributed by atoms with van der Waals surface area (Å²) in [7, 11) is 1.56. The van der Waals surface area contributed by atoms with Gasteiger partial charge in [-0.2, -0.15) is 0 Å². The number of carbonyl (C=O) groups is 1. The fourth-order valence-corrected chi connectivity index (χ4v) is 2.54. The van der Waals surface area contributed by atoms with Crippen LogP contribution in [0.15, 0.2) is 42.5 Å². The van der Waals surface area contributed by atoms with Gasteiger partial charge in [0.2, 0.25) is 0 Å². The molecule has 0 aromatic heterocycles. The Morgan fingerprint density at radius 1 is 1.14 bits per heavy atom. The highest BCUT2D eigenvalue weighted by atomic mass is 16.5. The third-order valence-corrected chi connectivity index (χ3v) is 3.75. The average molecular weight is 298 g/mol. The number of hydrogen-bond donors (Lipinski definition) is 1. The fourth-order valence-electron chi connectivity index (χ4n) is 2.54. The van der Waals surface area contributed by atoms with Gasteiger partial charge in [0, 0.05) is 18.7 Å². The minimum atomic E-state index is -0.0877. The van der Waals surface area contributed by atoms with E-state index in [4.69, 9.17) is 10.5 Å². The normalized spacial score (nSPS) is 10.3. The molecule has 0 amide bonds. The van der Waals surface area contributed by atoms with Crippen LogP contribution in [0, 0.1) is 0 Å². The number of ketones is 1. The first-order chi connectivity index (χ1) is 10.6. The maximum Gasteiger partial charge on any atom is 0.196 e. The molecule has 2 aromatic carbocycles. The van der Waals surface area contributed by atoms with Crippen LogP contribution in [0.1, 0.15) is 29.8 Å². The number of rotatable bonds is 6. The SMILES string of the molecule is CCN(CC)c1ccc(C(=O)c2ccccc2OC)cc1N. The Hall–Kier alpha value is -2.49. The van der Waals surface area contributed by atoms with E-state index in [2.05, 4.69) is 18.7 Å². The van der Waals surface area contributed by atoms with Crippen molar-refractivity contribution in [2.75, 3.05) is 30.8 Å². The first-order valence-corrected chi connectivity index (χ1v) is 7.44. The number of ether oxygens (including phenoxy) is 1. The maximum atomic E-state index is 12.6. The van der Waals surface area contributed by atoms with Gasteiger partial charge < -0.3 is 15.4 Å². The smallest absolute Gasteiger partial charge is 0.196 e. The minimum Gasteiger partial charge on any atom is -0.496 e. The molecule has 0 aliphatic carbocycles. The zero-order chi connectivity index (χ0) is 16.1. The summed E-state index contributed by atoms with van der Waals surface area (Å²) in [5.41, 5.74) is 8.82. The highest BCUT2D eigenvalue weighted by Gasteiger charge is 2.16. The summed E-state index contributed by atoms with van der Waals surface area (Å²) >= 11 is 0. The molecule has 2 aromatic rings. The molecule has 0 radical (unpaired) electrons. The van der Waals surface area contributed by atoms with Gasteiger partial charge in [-0.05, 0) is 44.2 Å². The summed E-state index contributed by atoms with van der Waals surface area (Å²) in [4.78, 5) is 14.8.